The van der Waals surface area contributed by atoms with Crippen LogP contribution < -0.4 is 14.5 Å². The first kappa shape index (κ1) is 33.8. The van der Waals surface area contributed by atoms with Gasteiger partial charge >= 0.3 is 0 Å². The number of hydrogen-bond donors (Lipinski definition) is 0. The second-order valence-electron chi connectivity index (χ2n) is 14.5. The van der Waals surface area contributed by atoms with Crippen LogP contribution in [0.2, 0.25) is 0 Å². The van der Waals surface area contributed by atoms with Crippen LogP contribution in [0.1, 0.15) is 26.3 Å². The normalized spacial score (nSPS) is 12.8. The maximum Gasteiger partial charge on any atom is 0.135 e. The third kappa shape index (κ3) is 5.61. The third-order valence-electron chi connectivity index (χ3n) is 10.2. The minimum absolute atomic E-state index is 0. The quantitative estimate of drug-likeness (QED) is 0.127. The summed E-state index contributed by atoms with van der Waals surface area (Å²) in [6.45, 7) is 8.77. The van der Waals surface area contributed by atoms with Gasteiger partial charge in [-0.3, -0.25) is 4.98 Å². The van der Waals surface area contributed by atoms with Gasteiger partial charge in [0.1, 0.15) is 5.82 Å². The summed E-state index contributed by atoms with van der Waals surface area (Å²) in [5.41, 5.74) is 7.11. The molecule has 0 spiro atoms. The Balaban J connectivity index is 0.00000384. The number of rotatable bonds is 5. The van der Waals surface area contributed by atoms with Gasteiger partial charge in [-0.05, 0) is 62.9 Å². The zero-order valence-electron chi connectivity index (χ0n) is 29.9. The average Bonchev–Trinajstić information content (AvgIpc) is 3.73. The van der Waals surface area contributed by atoms with E-state index in [9.17, 15) is 0 Å². The van der Waals surface area contributed by atoms with Gasteiger partial charge in [0, 0.05) is 73.4 Å². The van der Waals surface area contributed by atoms with Gasteiger partial charge in [0.25, 0.3) is 0 Å². The monoisotopic (exact) mass is 879 g/mol. The van der Waals surface area contributed by atoms with E-state index in [2.05, 4.69) is 162 Å². The molecule has 10 rings (SSSR count). The molecular weight excluding hydrogens is 846 g/mol. The Morgan fingerprint density at radius 3 is 2.28 bits per heavy atom. The summed E-state index contributed by atoms with van der Waals surface area (Å²) in [5, 5.41) is 7.09. The fourth-order valence-electron chi connectivity index (χ4n) is 7.56. The Hall–Kier alpha value is -5.97. The molecule has 54 heavy (non-hydrogen) atoms. The first-order valence-electron chi connectivity index (χ1n) is 17.8. The van der Waals surface area contributed by atoms with Crippen molar-refractivity contribution in [3.63, 3.8) is 0 Å². The van der Waals surface area contributed by atoms with E-state index in [1.165, 1.54) is 27.1 Å². The second kappa shape index (κ2) is 13.2. The zero-order chi connectivity index (χ0) is 35.7. The minimum atomic E-state index is -0.0144. The molecule has 1 aliphatic rings. The second-order valence-corrected chi connectivity index (χ2v) is 14.5. The van der Waals surface area contributed by atoms with Crippen molar-refractivity contribution in [3.8, 4) is 17.3 Å². The molecule has 0 fully saturated rings. The summed E-state index contributed by atoms with van der Waals surface area (Å²) in [5.74, 6) is 2.04. The van der Waals surface area contributed by atoms with Gasteiger partial charge in [0.2, 0.25) is 0 Å². The van der Waals surface area contributed by atoms with Crippen LogP contribution in [0, 0.1) is 18.8 Å². The van der Waals surface area contributed by atoms with Gasteiger partial charge in [0.15, 0.2) is 0 Å². The van der Waals surface area contributed by atoms with Gasteiger partial charge < -0.3 is 19.1 Å². The van der Waals surface area contributed by atoms with Crippen molar-refractivity contribution in [1.29, 1.82) is 0 Å². The number of para-hydroxylation sites is 1. The molecule has 7 heteroatoms. The van der Waals surface area contributed by atoms with E-state index in [1.807, 2.05) is 42.9 Å². The Kier molecular flexibility index (Phi) is 8.24. The van der Waals surface area contributed by atoms with Crippen molar-refractivity contribution in [1.82, 2.24) is 14.5 Å². The molecule has 6 nitrogen and oxygen atoms in total. The molecule has 4 heterocycles. The molecule has 0 saturated heterocycles. The van der Waals surface area contributed by atoms with E-state index in [0.717, 1.165) is 50.4 Å². The number of anilines is 4. The largest absolute Gasteiger partial charge is 0.509 e. The summed E-state index contributed by atoms with van der Waals surface area (Å²) in [6.07, 6.45) is 5.63. The van der Waals surface area contributed by atoms with E-state index in [0.29, 0.717) is 11.5 Å². The maximum atomic E-state index is 6.53. The van der Waals surface area contributed by atoms with Crippen molar-refractivity contribution in [3.05, 3.63) is 170 Å². The van der Waals surface area contributed by atoms with Crippen LogP contribution in [0.4, 0.5) is 22.7 Å². The Labute approximate surface area is 328 Å². The van der Waals surface area contributed by atoms with Crippen LogP contribution in [-0.4, -0.2) is 14.5 Å². The van der Waals surface area contributed by atoms with Crippen molar-refractivity contribution in [2.45, 2.75) is 26.2 Å². The Morgan fingerprint density at radius 2 is 1.39 bits per heavy atom. The number of ether oxygens (including phenoxy) is 1. The van der Waals surface area contributed by atoms with Crippen molar-refractivity contribution >= 4 is 66.1 Å². The molecule has 0 aliphatic carbocycles. The van der Waals surface area contributed by atoms with Crippen LogP contribution in [0.5, 0.6) is 11.5 Å². The van der Waals surface area contributed by atoms with Crippen molar-refractivity contribution < 1.29 is 25.8 Å². The Morgan fingerprint density at radius 1 is 0.611 bits per heavy atom. The molecule has 6 aromatic carbocycles. The smallest absolute Gasteiger partial charge is 0.135 e. The number of pyridine rings is 2. The van der Waals surface area contributed by atoms with Crippen LogP contribution in [0.25, 0.3) is 49.2 Å². The molecule has 0 bridgehead atoms. The molecule has 0 amide bonds. The van der Waals surface area contributed by atoms with E-state index >= 15 is 0 Å². The fourth-order valence-corrected chi connectivity index (χ4v) is 7.56. The fraction of sp³-hybridized carbons (Fsp3) is 0.0851. The van der Waals surface area contributed by atoms with Gasteiger partial charge in [-0.2, -0.15) is 12.1 Å². The summed E-state index contributed by atoms with van der Waals surface area (Å²) >= 11 is 0. The standard InChI is InChI=1S/C47H34N5O.Pt/c1-47(2,3)32-22-25-49-46(26-32)52-42-16-7-6-14-38(42)40-21-19-35(28-44(40)52)53-34-12-8-11-33(27-34)50-30-51(43-23-24-48-29-45(43)50)41-17-9-15-37-36-13-5-4-10-31(36)18-20-39(37)41;/h4-26,29-30H,1-3H3;/q-3;. The number of benzene rings is 6. The third-order valence-corrected chi connectivity index (χ3v) is 10.2. The predicted octanol–water partition coefficient (Wildman–Crippen LogP) is 12.0. The number of fused-ring (bicyclic) bond motifs is 7. The van der Waals surface area contributed by atoms with E-state index < -0.39 is 0 Å². The molecule has 0 saturated carbocycles. The molecule has 9 aromatic rings. The molecule has 0 radical (unpaired) electrons. The Bertz CT molecular complexity index is 2870. The van der Waals surface area contributed by atoms with Gasteiger partial charge in [0.05, 0.1) is 5.69 Å². The number of hydrogen-bond acceptors (Lipinski definition) is 5. The van der Waals surface area contributed by atoms with E-state index in [4.69, 9.17) is 9.72 Å². The number of nitrogens with zero attached hydrogens (tertiary/aromatic N) is 5. The van der Waals surface area contributed by atoms with Gasteiger partial charge in [-0.1, -0.05) is 93.0 Å². The van der Waals surface area contributed by atoms with Gasteiger partial charge in [-0.25, -0.2) is 4.98 Å². The topological polar surface area (TPSA) is 46.4 Å². The molecule has 0 unspecified atom stereocenters. The first-order chi connectivity index (χ1) is 25.9. The number of aromatic nitrogens is 3. The minimum Gasteiger partial charge on any atom is -0.509 e. The average molecular weight is 880 g/mol. The van der Waals surface area contributed by atoms with E-state index in [1.54, 1.807) is 0 Å². The van der Waals surface area contributed by atoms with Crippen LogP contribution in [0.15, 0.2) is 146 Å². The molecule has 0 atom stereocenters. The molecular formula is C47H34N5OPt-3. The van der Waals surface area contributed by atoms with Crippen LogP contribution in [-0.2, 0) is 26.5 Å². The van der Waals surface area contributed by atoms with Crippen LogP contribution in [0.3, 0.4) is 0 Å². The van der Waals surface area contributed by atoms with Crippen LogP contribution >= 0.6 is 0 Å². The SMILES string of the molecule is CC(C)(C)c1ccnc(-n2c3[c-]c(Oc4[c-]c(N5[CH-]N(c6cccc7c6ccc6ccccc67)c6ccncc65)ccc4)ccc3c3ccccc32)c1.[Pt]. The molecule has 266 valence electrons. The molecule has 3 aromatic heterocycles. The predicted molar refractivity (Wildman–Crippen MR) is 216 cm³/mol. The van der Waals surface area contributed by atoms with Gasteiger partial charge in [-0.15, -0.1) is 48.1 Å². The molecule has 1 aliphatic heterocycles. The van der Waals surface area contributed by atoms with Crippen molar-refractivity contribution in [2.24, 2.45) is 0 Å². The summed E-state index contributed by atoms with van der Waals surface area (Å²) in [4.78, 5) is 13.7. The summed E-state index contributed by atoms with van der Waals surface area (Å²) in [6, 6.07) is 51.4. The molecule has 0 N–H and O–H groups in total. The van der Waals surface area contributed by atoms with E-state index in [-0.39, 0.29) is 26.5 Å². The zero-order valence-corrected chi connectivity index (χ0v) is 32.2. The maximum absolute atomic E-state index is 6.53. The van der Waals surface area contributed by atoms with Crippen molar-refractivity contribution in [2.75, 3.05) is 9.80 Å². The summed E-state index contributed by atoms with van der Waals surface area (Å²) < 4.78 is 8.72. The first-order valence-corrected chi connectivity index (χ1v) is 17.8. The summed E-state index contributed by atoms with van der Waals surface area (Å²) in [7, 11) is 0.